The van der Waals surface area contributed by atoms with E-state index in [0.29, 0.717) is 0 Å². The van der Waals surface area contributed by atoms with Crippen LogP contribution < -0.4 is 0 Å². The van der Waals surface area contributed by atoms with Crippen LogP contribution in [0.2, 0.25) is 0 Å². The third-order valence-electron chi connectivity index (χ3n) is 3.37. The molecular formula is C16H10N2O12. The monoisotopic (exact) mass is 422 g/mol. The van der Waals surface area contributed by atoms with Crippen molar-refractivity contribution in [2.45, 2.75) is 0 Å². The lowest BCUT2D eigenvalue weighted by molar-refractivity contribution is -0.385. The first-order valence-electron chi connectivity index (χ1n) is 7.38. The van der Waals surface area contributed by atoms with E-state index in [4.69, 9.17) is 20.4 Å². The summed E-state index contributed by atoms with van der Waals surface area (Å²) in [6.07, 6.45) is 0. The zero-order chi connectivity index (χ0) is 23.2. The van der Waals surface area contributed by atoms with E-state index in [1.54, 1.807) is 0 Å². The van der Waals surface area contributed by atoms with Gasteiger partial charge in [-0.2, -0.15) is 0 Å². The molecule has 0 amide bonds. The normalized spacial score (nSPS) is 9.60. The topological polar surface area (TPSA) is 235 Å². The average molecular weight is 422 g/mol. The molecule has 0 spiro atoms. The molecule has 0 fully saturated rings. The average Bonchev–Trinajstić information content (AvgIpc) is 2.66. The summed E-state index contributed by atoms with van der Waals surface area (Å²) in [5.74, 6) is -6.31. The third-order valence-corrected chi connectivity index (χ3v) is 3.37. The molecule has 0 saturated carbocycles. The van der Waals surface area contributed by atoms with Gasteiger partial charge in [-0.25, -0.2) is 19.2 Å². The lowest BCUT2D eigenvalue weighted by Crippen LogP contribution is -2.10. The van der Waals surface area contributed by atoms with Crippen LogP contribution in [0.5, 0.6) is 0 Å². The number of aromatic carboxylic acids is 4. The summed E-state index contributed by atoms with van der Waals surface area (Å²) in [4.78, 5) is 61.6. The third kappa shape index (κ3) is 5.10. The molecule has 0 aliphatic heterocycles. The van der Waals surface area contributed by atoms with E-state index in [1.165, 1.54) is 0 Å². The summed E-state index contributed by atoms with van der Waals surface area (Å²) in [7, 11) is 0. The lowest BCUT2D eigenvalue weighted by Gasteiger charge is -2.01. The molecule has 0 atom stereocenters. The van der Waals surface area contributed by atoms with Crippen molar-refractivity contribution < 1.29 is 49.5 Å². The largest absolute Gasteiger partial charge is 0.478 e. The van der Waals surface area contributed by atoms with Crippen molar-refractivity contribution in [2.75, 3.05) is 0 Å². The highest BCUT2D eigenvalue weighted by molar-refractivity contribution is 6.05. The van der Waals surface area contributed by atoms with Gasteiger partial charge in [0.25, 0.3) is 11.4 Å². The van der Waals surface area contributed by atoms with Gasteiger partial charge in [-0.05, 0) is 12.1 Å². The van der Waals surface area contributed by atoms with E-state index in [1.807, 2.05) is 0 Å². The van der Waals surface area contributed by atoms with E-state index in [9.17, 15) is 39.4 Å². The lowest BCUT2D eigenvalue weighted by atomic mass is 10.1. The van der Waals surface area contributed by atoms with Crippen molar-refractivity contribution >= 4 is 35.3 Å². The van der Waals surface area contributed by atoms with Gasteiger partial charge < -0.3 is 20.4 Å². The smallest absolute Gasteiger partial charge is 0.343 e. The van der Waals surface area contributed by atoms with E-state index < -0.39 is 67.4 Å². The van der Waals surface area contributed by atoms with Crippen LogP contribution in [-0.2, 0) is 0 Å². The van der Waals surface area contributed by atoms with Crippen molar-refractivity contribution in [1.29, 1.82) is 0 Å². The fraction of sp³-hybridized carbons (Fsp3) is 0. The Bertz CT molecular complexity index is 926. The summed E-state index contributed by atoms with van der Waals surface area (Å²) >= 11 is 0. The minimum absolute atomic E-state index is 0.600. The molecule has 156 valence electrons. The fourth-order valence-corrected chi connectivity index (χ4v) is 2.19. The molecule has 0 aromatic heterocycles. The van der Waals surface area contributed by atoms with E-state index in [-0.39, 0.29) is 0 Å². The molecule has 2 aromatic carbocycles. The first-order valence-corrected chi connectivity index (χ1v) is 7.38. The quantitative estimate of drug-likeness (QED) is 0.386. The van der Waals surface area contributed by atoms with Gasteiger partial charge in [-0.1, -0.05) is 12.1 Å². The summed E-state index contributed by atoms with van der Waals surface area (Å²) in [6.45, 7) is 0. The molecule has 0 saturated heterocycles. The molecule has 0 aliphatic carbocycles. The number of benzene rings is 2. The molecule has 2 rings (SSSR count). The van der Waals surface area contributed by atoms with Gasteiger partial charge >= 0.3 is 23.9 Å². The molecule has 2 aromatic rings. The van der Waals surface area contributed by atoms with Gasteiger partial charge in [0.15, 0.2) is 11.1 Å². The highest BCUT2D eigenvalue weighted by Gasteiger charge is 2.27. The Morgan fingerprint density at radius 3 is 1.10 bits per heavy atom. The Balaban J connectivity index is 0.000000300. The highest BCUT2D eigenvalue weighted by atomic mass is 16.6. The second-order valence-electron chi connectivity index (χ2n) is 5.13. The minimum Gasteiger partial charge on any atom is -0.478 e. The number of carboxylic acids is 4. The molecule has 0 radical (unpaired) electrons. The molecule has 0 unspecified atom stereocenters. The standard InChI is InChI=1S/2C8H5NO6/c2*10-7(11)4-2-1-3-5(9(14)15)6(4)8(12)13/h2*1-3H,(H,10,11)(H,12,13). The van der Waals surface area contributed by atoms with Gasteiger partial charge in [0, 0.05) is 12.1 Å². The number of nitro groups is 2. The Morgan fingerprint density at radius 2 is 0.900 bits per heavy atom. The summed E-state index contributed by atoms with van der Waals surface area (Å²) in [5, 5.41) is 55.5. The Hall–Kier alpha value is -4.88. The predicted octanol–water partition coefficient (Wildman–Crippen LogP) is 1.98. The van der Waals surface area contributed by atoms with Crippen LogP contribution in [0.4, 0.5) is 11.4 Å². The van der Waals surface area contributed by atoms with Crippen molar-refractivity contribution in [3.63, 3.8) is 0 Å². The van der Waals surface area contributed by atoms with Crippen molar-refractivity contribution in [3.05, 3.63) is 78.9 Å². The summed E-state index contributed by atoms with van der Waals surface area (Å²) in [5.41, 5.74) is -4.29. The van der Waals surface area contributed by atoms with Crippen molar-refractivity contribution in [3.8, 4) is 0 Å². The number of hydrogen-bond donors (Lipinski definition) is 4. The Labute approximate surface area is 164 Å². The molecule has 0 aliphatic rings. The van der Waals surface area contributed by atoms with Crippen LogP contribution in [0, 0.1) is 20.2 Å². The minimum atomic E-state index is -1.64. The second-order valence-corrected chi connectivity index (χ2v) is 5.13. The molecule has 0 bridgehead atoms. The molecule has 0 heterocycles. The number of nitrogens with zero attached hydrogens (tertiary/aromatic N) is 2. The van der Waals surface area contributed by atoms with Gasteiger partial charge in [0.05, 0.1) is 21.0 Å². The first-order chi connectivity index (χ1) is 13.9. The number of carboxylic acid groups (broad SMARTS) is 4. The van der Waals surface area contributed by atoms with Gasteiger partial charge in [0.1, 0.15) is 0 Å². The van der Waals surface area contributed by atoms with Crippen LogP contribution in [-0.4, -0.2) is 54.1 Å². The maximum atomic E-state index is 10.7. The molecule has 4 N–H and O–H groups in total. The van der Waals surface area contributed by atoms with Crippen LogP contribution in [0.3, 0.4) is 0 Å². The van der Waals surface area contributed by atoms with E-state index >= 15 is 0 Å². The highest BCUT2D eigenvalue weighted by Crippen LogP contribution is 2.23. The zero-order valence-electron chi connectivity index (χ0n) is 14.4. The van der Waals surface area contributed by atoms with Crippen LogP contribution in [0.1, 0.15) is 41.4 Å². The number of hydrogen-bond acceptors (Lipinski definition) is 8. The maximum absolute atomic E-state index is 10.7. The number of rotatable bonds is 6. The Morgan fingerprint density at radius 1 is 0.600 bits per heavy atom. The first kappa shape index (κ1) is 23.2. The van der Waals surface area contributed by atoms with E-state index in [2.05, 4.69) is 0 Å². The number of nitro benzene ring substituents is 2. The van der Waals surface area contributed by atoms with Crippen LogP contribution in [0.25, 0.3) is 0 Å². The second kappa shape index (κ2) is 9.36. The summed E-state index contributed by atoms with van der Waals surface area (Å²) in [6, 6.07) is 6.12. The van der Waals surface area contributed by atoms with Crippen molar-refractivity contribution in [1.82, 2.24) is 0 Å². The van der Waals surface area contributed by atoms with Crippen molar-refractivity contribution in [2.24, 2.45) is 0 Å². The van der Waals surface area contributed by atoms with Crippen LogP contribution in [0.15, 0.2) is 36.4 Å². The van der Waals surface area contributed by atoms with Gasteiger partial charge in [0.2, 0.25) is 0 Å². The van der Waals surface area contributed by atoms with E-state index in [0.717, 1.165) is 36.4 Å². The Kier molecular flexibility index (Phi) is 7.22. The fourth-order valence-electron chi connectivity index (χ4n) is 2.19. The zero-order valence-corrected chi connectivity index (χ0v) is 14.4. The van der Waals surface area contributed by atoms with Gasteiger partial charge in [-0.15, -0.1) is 0 Å². The SMILES string of the molecule is O=C(O)c1cccc([N+](=O)[O-])c1C(=O)O.O=C(O)c1cccc([N+](=O)[O-])c1C(=O)O. The van der Waals surface area contributed by atoms with Crippen LogP contribution >= 0.6 is 0 Å². The molecule has 14 nitrogen and oxygen atoms in total. The van der Waals surface area contributed by atoms with Gasteiger partial charge in [-0.3, -0.25) is 20.2 Å². The summed E-state index contributed by atoms with van der Waals surface area (Å²) < 4.78 is 0. The molecular weight excluding hydrogens is 412 g/mol. The number of carbonyl (C=O) groups is 4. The molecule has 30 heavy (non-hydrogen) atoms. The maximum Gasteiger partial charge on any atom is 0.343 e. The predicted molar refractivity (Wildman–Crippen MR) is 94.0 cm³/mol. The molecule has 14 heteroatoms.